The smallest absolute Gasteiger partial charge is 0.360 e. The lowest BCUT2D eigenvalue weighted by Crippen LogP contribution is -2.32. The average molecular weight is 340 g/mol. The van der Waals surface area contributed by atoms with Crippen molar-refractivity contribution in [1.29, 1.82) is 0 Å². The molecule has 0 N–H and O–H groups in total. The zero-order valence-electron chi connectivity index (χ0n) is 14.9. The van der Waals surface area contributed by atoms with Crippen molar-refractivity contribution in [2.45, 2.75) is 52.0 Å². The molecule has 0 radical (unpaired) electrons. The largest absolute Gasteiger partial charge is 0.464 e. The summed E-state index contributed by atoms with van der Waals surface area (Å²) in [4.78, 5) is 29.6. The third-order valence-corrected chi connectivity index (χ3v) is 3.65. The van der Waals surface area contributed by atoms with E-state index in [1.165, 1.54) is 13.4 Å². The van der Waals surface area contributed by atoms with Gasteiger partial charge in [-0.05, 0) is 12.8 Å². The van der Waals surface area contributed by atoms with Gasteiger partial charge in [0.15, 0.2) is 5.69 Å². The van der Waals surface area contributed by atoms with Gasteiger partial charge in [0, 0.05) is 26.7 Å². The molecule has 0 aromatic carbocycles. The Kier molecular flexibility index (Phi) is 9.76. The van der Waals surface area contributed by atoms with Crippen molar-refractivity contribution < 1.29 is 23.5 Å². The molecule has 1 heterocycles. The van der Waals surface area contributed by atoms with Gasteiger partial charge in [0.1, 0.15) is 6.26 Å². The summed E-state index contributed by atoms with van der Waals surface area (Å²) < 4.78 is 14.9. The van der Waals surface area contributed by atoms with E-state index in [-0.39, 0.29) is 18.1 Å². The lowest BCUT2D eigenvalue weighted by molar-refractivity contribution is -0.132. The number of hydrogen-bond donors (Lipinski definition) is 0. The number of aromatic nitrogens is 1. The van der Waals surface area contributed by atoms with Crippen LogP contribution in [0, 0.1) is 0 Å². The lowest BCUT2D eigenvalue weighted by Gasteiger charge is -2.21. The molecule has 1 aromatic heterocycles. The van der Waals surface area contributed by atoms with Crippen LogP contribution in [0.1, 0.15) is 61.8 Å². The second kappa shape index (κ2) is 11.6. The average Bonchev–Trinajstić information content (AvgIpc) is 3.05. The minimum absolute atomic E-state index is 0.0695. The van der Waals surface area contributed by atoms with Crippen LogP contribution >= 0.6 is 0 Å². The van der Waals surface area contributed by atoms with Crippen molar-refractivity contribution in [3.8, 4) is 0 Å². The number of esters is 1. The molecule has 0 atom stereocenters. The van der Waals surface area contributed by atoms with Gasteiger partial charge in [-0.1, -0.05) is 26.2 Å². The van der Waals surface area contributed by atoms with E-state index >= 15 is 0 Å². The molecule has 7 nitrogen and oxygen atoms in total. The van der Waals surface area contributed by atoms with Crippen LogP contribution in [0.2, 0.25) is 0 Å². The highest BCUT2D eigenvalue weighted by atomic mass is 16.5. The van der Waals surface area contributed by atoms with Crippen molar-refractivity contribution in [3.05, 3.63) is 17.8 Å². The minimum atomic E-state index is -0.554. The number of carbonyl (C=O) groups excluding carboxylic acids is 2. The number of oxazole rings is 1. The van der Waals surface area contributed by atoms with Gasteiger partial charge in [0.25, 0.3) is 0 Å². The Morgan fingerprint density at radius 3 is 2.67 bits per heavy atom. The van der Waals surface area contributed by atoms with Crippen molar-refractivity contribution in [3.63, 3.8) is 0 Å². The summed E-state index contributed by atoms with van der Waals surface area (Å²) in [5.74, 6) is -0.156. The number of hydrogen-bond acceptors (Lipinski definition) is 6. The molecule has 0 saturated carbocycles. The number of methoxy groups -OCH3 is 2. The predicted molar refractivity (Wildman–Crippen MR) is 88.5 cm³/mol. The molecule has 0 bridgehead atoms. The number of rotatable bonds is 12. The van der Waals surface area contributed by atoms with Crippen LogP contribution < -0.4 is 0 Å². The Labute approximate surface area is 143 Å². The van der Waals surface area contributed by atoms with E-state index < -0.39 is 5.97 Å². The molecule has 0 aliphatic carbocycles. The van der Waals surface area contributed by atoms with Crippen LogP contribution in [0.3, 0.4) is 0 Å². The molecule has 1 aromatic rings. The molecular formula is C17H28N2O5. The third kappa shape index (κ3) is 7.12. The van der Waals surface area contributed by atoms with Crippen LogP contribution in [0.4, 0.5) is 0 Å². The van der Waals surface area contributed by atoms with Crippen LogP contribution in [0.5, 0.6) is 0 Å². The fourth-order valence-corrected chi connectivity index (χ4v) is 2.30. The summed E-state index contributed by atoms with van der Waals surface area (Å²) in [7, 11) is 2.92. The Bertz CT molecular complexity index is 501. The predicted octanol–water partition coefficient (Wildman–Crippen LogP) is 2.80. The summed E-state index contributed by atoms with van der Waals surface area (Å²) in [5, 5.41) is 0. The van der Waals surface area contributed by atoms with Crippen LogP contribution in [0.15, 0.2) is 10.7 Å². The van der Waals surface area contributed by atoms with Gasteiger partial charge in [-0.25, -0.2) is 9.78 Å². The van der Waals surface area contributed by atoms with Crippen molar-refractivity contribution in [2.24, 2.45) is 0 Å². The normalized spacial score (nSPS) is 10.6. The van der Waals surface area contributed by atoms with Crippen molar-refractivity contribution in [1.82, 2.24) is 9.88 Å². The number of amides is 1. The van der Waals surface area contributed by atoms with Crippen LogP contribution in [0.25, 0.3) is 0 Å². The number of unbranched alkanes of at least 4 members (excludes halogenated alkanes) is 3. The van der Waals surface area contributed by atoms with E-state index in [2.05, 4.69) is 16.6 Å². The Morgan fingerprint density at radius 2 is 2.00 bits per heavy atom. The summed E-state index contributed by atoms with van der Waals surface area (Å²) >= 11 is 0. The third-order valence-electron chi connectivity index (χ3n) is 3.65. The fourth-order valence-electron chi connectivity index (χ4n) is 2.30. The monoisotopic (exact) mass is 340 g/mol. The van der Waals surface area contributed by atoms with Gasteiger partial charge < -0.3 is 18.8 Å². The van der Waals surface area contributed by atoms with Gasteiger partial charge in [-0.2, -0.15) is 0 Å². The fraction of sp³-hybridized carbons (Fsp3) is 0.706. The maximum Gasteiger partial charge on any atom is 0.360 e. The summed E-state index contributed by atoms with van der Waals surface area (Å²) in [5.41, 5.74) is 0.111. The SMILES string of the molecule is CCCCCCC(=O)N(CCCOC)Cc1nc(C(=O)OC)co1. The first kappa shape index (κ1) is 20.2. The second-order valence-corrected chi connectivity index (χ2v) is 5.59. The number of carbonyl (C=O) groups is 2. The second-order valence-electron chi connectivity index (χ2n) is 5.59. The van der Waals surface area contributed by atoms with Gasteiger partial charge in [0.2, 0.25) is 11.8 Å². The highest BCUT2D eigenvalue weighted by Crippen LogP contribution is 2.11. The van der Waals surface area contributed by atoms with Crippen molar-refractivity contribution in [2.75, 3.05) is 27.4 Å². The summed E-state index contributed by atoms with van der Waals surface area (Å²) in [6, 6.07) is 0. The Balaban J connectivity index is 2.61. The molecule has 0 spiro atoms. The zero-order chi connectivity index (χ0) is 17.8. The van der Waals surface area contributed by atoms with Gasteiger partial charge in [0.05, 0.1) is 13.7 Å². The van der Waals surface area contributed by atoms with E-state index in [1.54, 1.807) is 12.0 Å². The van der Waals surface area contributed by atoms with Gasteiger partial charge in [-0.15, -0.1) is 0 Å². The van der Waals surface area contributed by atoms with E-state index in [0.717, 1.165) is 32.1 Å². The molecule has 0 aliphatic rings. The van der Waals surface area contributed by atoms with Crippen LogP contribution in [-0.4, -0.2) is 49.1 Å². The van der Waals surface area contributed by atoms with Crippen LogP contribution in [-0.2, 0) is 20.8 Å². The minimum Gasteiger partial charge on any atom is -0.464 e. The molecular weight excluding hydrogens is 312 g/mol. The maximum absolute atomic E-state index is 12.4. The zero-order valence-corrected chi connectivity index (χ0v) is 14.9. The van der Waals surface area contributed by atoms with E-state index in [0.29, 0.717) is 25.5 Å². The first-order valence-corrected chi connectivity index (χ1v) is 8.41. The van der Waals surface area contributed by atoms with E-state index in [1.807, 2.05) is 0 Å². The molecule has 0 fully saturated rings. The molecule has 24 heavy (non-hydrogen) atoms. The number of ether oxygens (including phenoxy) is 2. The highest BCUT2D eigenvalue weighted by molar-refractivity contribution is 5.86. The molecule has 1 rings (SSSR count). The summed E-state index contributed by atoms with van der Waals surface area (Å²) in [6.45, 7) is 3.53. The molecule has 1 amide bonds. The Hall–Kier alpha value is -1.89. The molecule has 0 unspecified atom stereocenters. The summed E-state index contributed by atoms with van der Waals surface area (Å²) in [6.07, 6.45) is 6.71. The maximum atomic E-state index is 12.4. The van der Waals surface area contributed by atoms with E-state index in [9.17, 15) is 9.59 Å². The first-order valence-electron chi connectivity index (χ1n) is 8.41. The Morgan fingerprint density at radius 1 is 1.21 bits per heavy atom. The molecule has 136 valence electrons. The molecule has 0 aliphatic heterocycles. The highest BCUT2D eigenvalue weighted by Gasteiger charge is 2.18. The van der Waals surface area contributed by atoms with Crippen molar-refractivity contribution >= 4 is 11.9 Å². The molecule has 0 saturated heterocycles. The number of nitrogens with zero attached hydrogens (tertiary/aromatic N) is 2. The topological polar surface area (TPSA) is 81.9 Å². The quantitative estimate of drug-likeness (QED) is 0.430. The van der Waals surface area contributed by atoms with E-state index in [4.69, 9.17) is 9.15 Å². The molecule has 7 heteroatoms. The van der Waals surface area contributed by atoms with Gasteiger partial charge >= 0.3 is 5.97 Å². The van der Waals surface area contributed by atoms with Gasteiger partial charge in [-0.3, -0.25) is 4.79 Å². The lowest BCUT2D eigenvalue weighted by atomic mass is 10.1. The standard InChI is InChI=1S/C17H28N2O5/c1-4-5-6-7-9-16(20)19(10-8-11-22-2)12-15-18-14(13-24-15)17(21)23-3/h13H,4-12H2,1-3H3. The first-order chi connectivity index (χ1) is 11.6.